The fourth-order valence-corrected chi connectivity index (χ4v) is 6.32. The van der Waals surface area contributed by atoms with E-state index in [4.69, 9.17) is 18.9 Å². The molecule has 0 saturated carbocycles. The molecule has 0 radical (unpaired) electrons. The summed E-state index contributed by atoms with van der Waals surface area (Å²) in [4.78, 5) is 32.4. The van der Waals surface area contributed by atoms with Gasteiger partial charge in [0.25, 0.3) is 11.8 Å². The maximum atomic E-state index is 13.5. The van der Waals surface area contributed by atoms with Crippen LogP contribution in [0.15, 0.2) is 36.7 Å². The summed E-state index contributed by atoms with van der Waals surface area (Å²) in [7, 11) is 6.21. The van der Waals surface area contributed by atoms with Crippen LogP contribution in [-0.2, 0) is 16.1 Å². The highest BCUT2D eigenvalue weighted by Crippen LogP contribution is 2.43. The monoisotopic (exact) mass is 588 g/mol. The molecule has 0 spiro atoms. The van der Waals surface area contributed by atoms with E-state index >= 15 is 0 Å². The van der Waals surface area contributed by atoms with Crippen LogP contribution in [0, 0.1) is 0 Å². The van der Waals surface area contributed by atoms with Crippen molar-refractivity contribution in [1.82, 2.24) is 19.8 Å². The summed E-state index contributed by atoms with van der Waals surface area (Å²) in [6, 6.07) is 7.22. The molecule has 2 aliphatic rings. The van der Waals surface area contributed by atoms with Crippen LogP contribution in [0.3, 0.4) is 0 Å². The van der Waals surface area contributed by atoms with Gasteiger partial charge in [-0.05, 0) is 38.1 Å². The Morgan fingerprint density at radius 3 is 2.00 bits per heavy atom. The molecule has 226 valence electrons. The number of β-amino-alcohol motifs (C(OH)–C–C–N with tert-alkyl or cyclic N) is 1. The Morgan fingerprint density at radius 2 is 1.35 bits per heavy atom. The van der Waals surface area contributed by atoms with Crippen molar-refractivity contribution in [3.8, 4) is 23.0 Å². The molecule has 3 N–H and O–H groups in total. The Morgan fingerprint density at radius 1 is 0.767 bits per heavy atom. The fraction of sp³-hybridized carbons (Fsp3) is 0.375. The van der Waals surface area contributed by atoms with Gasteiger partial charge in [-0.2, -0.15) is 0 Å². The Kier molecular flexibility index (Phi) is 7.76. The Balaban J connectivity index is 1.52. The van der Waals surface area contributed by atoms with E-state index in [-0.39, 0.29) is 11.1 Å². The minimum absolute atomic E-state index is 0.238. The van der Waals surface area contributed by atoms with E-state index in [1.807, 2.05) is 16.8 Å². The number of carbonyl (C=O) groups is 2. The van der Waals surface area contributed by atoms with Crippen molar-refractivity contribution in [1.29, 1.82) is 0 Å². The first-order valence-electron chi connectivity index (χ1n) is 14.4. The molecule has 1 fully saturated rings. The molecular formula is C32H36N4O7. The number of aliphatic hydroxyl groups excluding tert-OH is 1. The molecule has 2 aliphatic heterocycles. The second kappa shape index (κ2) is 11.7. The number of nitrogens with zero attached hydrogens (tertiary/aromatic N) is 2. The molecule has 2 aromatic heterocycles. The number of imide groups is 1. The molecule has 11 nitrogen and oxygen atoms in total. The number of hydrogen-bond acceptors (Lipinski definition) is 8. The van der Waals surface area contributed by atoms with E-state index in [2.05, 4.69) is 15.2 Å². The third-order valence-electron chi connectivity index (χ3n) is 8.37. The molecule has 4 heterocycles. The average Bonchev–Trinajstić information content (AvgIpc) is 3.67. The molecule has 6 rings (SSSR count). The SMILES string of the molecule is COc1cc2[nH]cc(C3=C(c4cn(CC(O)CN5CCCCC5)c5cc(OC)c(OC)cc45)C(=O)NC3=O)c2cc1OC. The molecule has 0 bridgehead atoms. The van der Waals surface area contributed by atoms with Crippen molar-refractivity contribution in [3.05, 3.63) is 47.8 Å². The molecule has 2 amide bonds. The van der Waals surface area contributed by atoms with Crippen molar-refractivity contribution >= 4 is 44.8 Å². The predicted molar refractivity (Wildman–Crippen MR) is 163 cm³/mol. The van der Waals surface area contributed by atoms with Crippen LogP contribution in [0.1, 0.15) is 30.4 Å². The van der Waals surface area contributed by atoms with Gasteiger partial charge in [-0.3, -0.25) is 14.9 Å². The van der Waals surface area contributed by atoms with Crippen LogP contribution < -0.4 is 24.3 Å². The van der Waals surface area contributed by atoms with Gasteiger partial charge in [-0.1, -0.05) is 6.42 Å². The van der Waals surface area contributed by atoms with E-state index < -0.39 is 17.9 Å². The zero-order chi connectivity index (χ0) is 30.2. The molecule has 11 heteroatoms. The number of aromatic nitrogens is 2. The second-order valence-electron chi connectivity index (χ2n) is 10.9. The molecular weight excluding hydrogens is 552 g/mol. The Bertz CT molecular complexity index is 1750. The molecule has 4 aromatic rings. The molecule has 1 unspecified atom stereocenters. The smallest absolute Gasteiger partial charge is 0.259 e. The van der Waals surface area contributed by atoms with Gasteiger partial charge >= 0.3 is 0 Å². The van der Waals surface area contributed by atoms with Crippen LogP contribution in [0.25, 0.3) is 33.0 Å². The van der Waals surface area contributed by atoms with Gasteiger partial charge in [0.05, 0.1) is 51.2 Å². The Labute approximate surface area is 248 Å². The predicted octanol–water partition coefficient (Wildman–Crippen LogP) is 3.57. The maximum Gasteiger partial charge on any atom is 0.259 e. The van der Waals surface area contributed by atoms with E-state index in [1.54, 1.807) is 52.8 Å². The van der Waals surface area contributed by atoms with E-state index in [0.29, 0.717) is 58.0 Å². The number of hydrogen-bond donors (Lipinski definition) is 3. The number of nitrogens with one attached hydrogen (secondary N) is 2. The van der Waals surface area contributed by atoms with Gasteiger partial charge in [0, 0.05) is 65.0 Å². The summed E-state index contributed by atoms with van der Waals surface area (Å²) in [6.07, 6.45) is 6.38. The summed E-state index contributed by atoms with van der Waals surface area (Å²) in [5, 5.41) is 15.0. The lowest BCUT2D eigenvalue weighted by molar-refractivity contribution is -0.122. The zero-order valence-corrected chi connectivity index (χ0v) is 24.8. The van der Waals surface area contributed by atoms with Gasteiger partial charge in [-0.15, -0.1) is 0 Å². The number of benzene rings is 2. The van der Waals surface area contributed by atoms with Crippen LogP contribution in [0.5, 0.6) is 23.0 Å². The van der Waals surface area contributed by atoms with Gasteiger partial charge in [0.1, 0.15) is 0 Å². The van der Waals surface area contributed by atoms with Crippen molar-refractivity contribution in [3.63, 3.8) is 0 Å². The summed E-state index contributed by atoms with van der Waals surface area (Å²) < 4.78 is 24.1. The number of piperidine rings is 1. The number of likely N-dealkylation sites (tertiary alicyclic amines) is 1. The average molecular weight is 589 g/mol. The number of fused-ring (bicyclic) bond motifs is 2. The summed E-state index contributed by atoms with van der Waals surface area (Å²) >= 11 is 0. The van der Waals surface area contributed by atoms with E-state index in [0.717, 1.165) is 37.0 Å². The van der Waals surface area contributed by atoms with Crippen LogP contribution >= 0.6 is 0 Å². The minimum Gasteiger partial charge on any atom is -0.493 e. The second-order valence-corrected chi connectivity index (χ2v) is 10.9. The normalized spacial score (nSPS) is 16.7. The van der Waals surface area contributed by atoms with Gasteiger partial charge < -0.3 is 38.5 Å². The lowest BCUT2D eigenvalue weighted by Gasteiger charge is -2.28. The number of aliphatic hydroxyl groups is 1. The zero-order valence-electron chi connectivity index (χ0n) is 24.8. The number of methoxy groups -OCH3 is 4. The van der Waals surface area contributed by atoms with Crippen LogP contribution in [0.2, 0.25) is 0 Å². The molecule has 0 aliphatic carbocycles. The quantitative estimate of drug-likeness (QED) is 0.240. The molecule has 2 aromatic carbocycles. The number of aromatic amines is 1. The Hall–Kier alpha value is -4.48. The summed E-state index contributed by atoms with van der Waals surface area (Å²) in [6.45, 7) is 2.79. The van der Waals surface area contributed by atoms with E-state index in [9.17, 15) is 14.7 Å². The standard InChI is InChI=1S/C32H36N4O7/c1-40-25-10-19-21(14-33-23(19)12-27(25)42-3)29-30(32(39)34-31(29)38)22-17-36(16-18(37)15-35-8-6-5-7-9-35)24-13-28(43-4)26(41-2)11-20(22)24/h10-14,17-18,33,37H,5-9,15-16H2,1-4H3,(H,34,38,39). The first-order valence-corrected chi connectivity index (χ1v) is 14.4. The number of H-pyrrole nitrogens is 1. The highest BCUT2D eigenvalue weighted by Gasteiger charge is 2.36. The lowest BCUT2D eigenvalue weighted by atomic mass is 9.95. The summed E-state index contributed by atoms with van der Waals surface area (Å²) in [5.41, 5.74) is 3.06. The van der Waals surface area contributed by atoms with Gasteiger partial charge in [0.2, 0.25) is 0 Å². The van der Waals surface area contributed by atoms with Crippen molar-refractivity contribution < 1.29 is 33.6 Å². The van der Waals surface area contributed by atoms with Crippen LogP contribution in [0.4, 0.5) is 0 Å². The van der Waals surface area contributed by atoms with Crippen LogP contribution in [-0.4, -0.2) is 85.5 Å². The number of ether oxygens (including phenoxy) is 4. The van der Waals surface area contributed by atoms with E-state index in [1.165, 1.54) is 6.42 Å². The third-order valence-corrected chi connectivity index (χ3v) is 8.37. The topological polar surface area (TPSA) is 127 Å². The van der Waals surface area contributed by atoms with Gasteiger partial charge in [0.15, 0.2) is 23.0 Å². The maximum absolute atomic E-state index is 13.5. The first-order chi connectivity index (χ1) is 20.9. The molecule has 1 saturated heterocycles. The number of carbonyl (C=O) groups excluding carboxylic acids is 2. The largest absolute Gasteiger partial charge is 0.493 e. The summed E-state index contributed by atoms with van der Waals surface area (Å²) in [5.74, 6) is 1.04. The highest BCUT2D eigenvalue weighted by molar-refractivity contribution is 6.50. The van der Waals surface area contributed by atoms with Crippen molar-refractivity contribution in [2.24, 2.45) is 0 Å². The fourth-order valence-electron chi connectivity index (χ4n) is 6.32. The minimum atomic E-state index is -0.641. The number of amides is 2. The third kappa shape index (κ3) is 5.08. The molecule has 43 heavy (non-hydrogen) atoms. The molecule has 1 atom stereocenters. The number of rotatable bonds is 10. The van der Waals surface area contributed by atoms with Gasteiger partial charge in [-0.25, -0.2) is 0 Å². The lowest BCUT2D eigenvalue weighted by Crippen LogP contribution is -2.37. The first kappa shape index (κ1) is 28.6. The highest BCUT2D eigenvalue weighted by atomic mass is 16.5. The van der Waals surface area contributed by atoms with Crippen molar-refractivity contribution in [2.75, 3.05) is 48.1 Å². The van der Waals surface area contributed by atoms with Crippen molar-refractivity contribution in [2.45, 2.75) is 31.9 Å².